The molecule has 0 unspecified atom stereocenters. The van der Waals surface area contributed by atoms with Gasteiger partial charge in [-0.1, -0.05) is 29.5 Å². The SMILES string of the molecule is c1cnc2c(c1)C[n+]1cn3c(sc4ccccc43)c1-2. The number of fused-ring (bicyclic) bond motifs is 7. The van der Waals surface area contributed by atoms with Gasteiger partial charge in [0.15, 0.2) is 5.52 Å². The monoisotopic (exact) mass is 264 g/mol. The van der Waals surface area contributed by atoms with Crippen molar-refractivity contribution >= 4 is 26.4 Å². The molecule has 0 saturated heterocycles. The second-order valence-electron chi connectivity index (χ2n) is 4.85. The Morgan fingerprint density at radius 1 is 1.16 bits per heavy atom. The Hall–Kier alpha value is -2.20. The van der Waals surface area contributed by atoms with Crippen LogP contribution in [0.1, 0.15) is 5.56 Å². The lowest BCUT2D eigenvalue weighted by Crippen LogP contribution is -2.29. The molecule has 3 aromatic heterocycles. The maximum absolute atomic E-state index is 4.57. The molecule has 3 nitrogen and oxygen atoms in total. The van der Waals surface area contributed by atoms with E-state index < -0.39 is 0 Å². The number of rotatable bonds is 0. The number of benzene rings is 1. The molecular weight excluding hydrogens is 254 g/mol. The highest BCUT2D eigenvalue weighted by Gasteiger charge is 2.31. The number of thiazole rings is 1. The van der Waals surface area contributed by atoms with E-state index in [0.29, 0.717) is 0 Å². The molecule has 0 N–H and O–H groups in total. The number of nitrogens with zero attached hydrogens (tertiary/aromatic N) is 3. The first kappa shape index (κ1) is 9.69. The molecule has 0 saturated carbocycles. The number of aromatic nitrogens is 3. The Bertz CT molecular complexity index is 949. The van der Waals surface area contributed by atoms with E-state index in [0.717, 1.165) is 12.2 Å². The summed E-state index contributed by atoms with van der Waals surface area (Å²) in [7, 11) is 0. The molecule has 19 heavy (non-hydrogen) atoms. The van der Waals surface area contributed by atoms with E-state index in [-0.39, 0.29) is 0 Å². The summed E-state index contributed by atoms with van der Waals surface area (Å²) in [5, 5.41) is 0. The maximum Gasteiger partial charge on any atom is 0.251 e. The van der Waals surface area contributed by atoms with Crippen molar-refractivity contribution in [2.24, 2.45) is 0 Å². The minimum atomic E-state index is 0.932. The van der Waals surface area contributed by atoms with Gasteiger partial charge < -0.3 is 0 Å². The number of hydrogen-bond acceptors (Lipinski definition) is 2. The lowest BCUT2D eigenvalue weighted by Gasteiger charge is -1.91. The van der Waals surface area contributed by atoms with Crippen LogP contribution in [0.15, 0.2) is 48.9 Å². The van der Waals surface area contributed by atoms with Crippen molar-refractivity contribution < 1.29 is 4.57 Å². The third kappa shape index (κ3) is 1.12. The third-order valence-corrected chi connectivity index (χ3v) is 4.90. The largest absolute Gasteiger partial charge is 0.252 e. The van der Waals surface area contributed by atoms with Gasteiger partial charge in [0, 0.05) is 11.8 Å². The predicted molar refractivity (Wildman–Crippen MR) is 75.3 cm³/mol. The van der Waals surface area contributed by atoms with Crippen molar-refractivity contribution in [3.8, 4) is 11.4 Å². The van der Waals surface area contributed by atoms with Gasteiger partial charge in [0.1, 0.15) is 12.2 Å². The van der Waals surface area contributed by atoms with Crippen LogP contribution in [0.2, 0.25) is 0 Å². The Morgan fingerprint density at radius 3 is 3.11 bits per heavy atom. The third-order valence-electron chi connectivity index (χ3n) is 3.75. The molecule has 0 spiro atoms. The Kier molecular flexibility index (Phi) is 1.64. The lowest BCUT2D eigenvalue weighted by atomic mass is 10.2. The summed E-state index contributed by atoms with van der Waals surface area (Å²) in [6, 6.07) is 12.7. The van der Waals surface area contributed by atoms with E-state index >= 15 is 0 Å². The highest BCUT2D eigenvalue weighted by atomic mass is 32.1. The van der Waals surface area contributed by atoms with Crippen LogP contribution in [-0.2, 0) is 6.54 Å². The summed E-state index contributed by atoms with van der Waals surface area (Å²) in [5.41, 5.74) is 4.99. The quantitative estimate of drug-likeness (QED) is 0.394. The van der Waals surface area contributed by atoms with Gasteiger partial charge >= 0.3 is 0 Å². The topological polar surface area (TPSA) is 21.2 Å². The molecule has 90 valence electrons. The summed E-state index contributed by atoms with van der Waals surface area (Å²) < 4.78 is 5.91. The summed E-state index contributed by atoms with van der Waals surface area (Å²) in [5.74, 6) is 0. The van der Waals surface area contributed by atoms with Crippen LogP contribution in [0, 0.1) is 0 Å². The molecule has 1 aliphatic heterocycles. The Balaban J connectivity index is 1.97. The fraction of sp³-hybridized carbons (Fsp3) is 0.0667. The number of pyridine rings is 1. The highest BCUT2D eigenvalue weighted by Crippen LogP contribution is 2.35. The van der Waals surface area contributed by atoms with Crippen LogP contribution in [0.4, 0.5) is 0 Å². The van der Waals surface area contributed by atoms with Crippen molar-refractivity contribution in [3.63, 3.8) is 0 Å². The van der Waals surface area contributed by atoms with E-state index in [1.807, 2.05) is 23.6 Å². The van der Waals surface area contributed by atoms with Crippen LogP contribution >= 0.6 is 11.3 Å². The normalized spacial score (nSPS) is 13.1. The van der Waals surface area contributed by atoms with Crippen molar-refractivity contribution in [3.05, 3.63) is 54.5 Å². The average molecular weight is 264 g/mol. The van der Waals surface area contributed by atoms with Crippen molar-refractivity contribution in [2.45, 2.75) is 6.54 Å². The molecule has 0 aliphatic carbocycles. The molecule has 0 radical (unpaired) electrons. The zero-order chi connectivity index (χ0) is 12.4. The second kappa shape index (κ2) is 3.22. The molecule has 5 rings (SSSR count). The van der Waals surface area contributed by atoms with Gasteiger partial charge in [-0.2, -0.15) is 4.40 Å². The van der Waals surface area contributed by atoms with Crippen LogP contribution < -0.4 is 4.57 Å². The predicted octanol–water partition coefficient (Wildman–Crippen LogP) is 2.87. The number of hydrogen-bond donors (Lipinski definition) is 0. The van der Waals surface area contributed by atoms with Gasteiger partial charge in [-0.15, -0.1) is 0 Å². The highest BCUT2D eigenvalue weighted by molar-refractivity contribution is 7.24. The average Bonchev–Trinajstić information content (AvgIpc) is 3.05. The van der Waals surface area contributed by atoms with E-state index in [1.165, 1.54) is 26.3 Å². The van der Waals surface area contributed by atoms with Crippen LogP contribution in [-0.4, -0.2) is 9.38 Å². The van der Waals surface area contributed by atoms with Crippen molar-refractivity contribution in [2.75, 3.05) is 0 Å². The standard InChI is InChI=1S/C15H10N3S/c1-2-6-12-11(5-1)18-9-17-8-10-4-3-7-16-13(10)14(17)15(18)19-12/h1-7,9H,8H2/q+1. The molecule has 4 heterocycles. The van der Waals surface area contributed by atoms with Gasteiger partial charge in [0.25, 0.3) is 6.33 Å². The molecule has 0 fully saturated rings. The molecule has 4 heteroatoms. The lowest BCUT2D eigenvalue weighted by molar-refractivity contribution is -0.671. The van der Waals surface area contributed by atoms with Gasteiger partial charge in [-0.25, -0.2) is 4.57 Å². The van der Waals surface area contributed by atoms with Gasteiger partial charge in [0.2, 0.25) is 10.5 Å². The summed E-state index contributed by atoms with van der Waals surface area (Å²) in [6.45, 7) is 0.932. The van der Waals surface area contributed by atoms with Crippen LogP contribution in [0.3, 0.4) is 0 Å². The minimum Gasteiger partial charge on any atom is -0.252 e. The van der Waals surface area contributed by atoms with Crippen molar-refractivity contribution in [1.29, 1.82) is 0 Å². The fourth-order valence-corrected chi connectivity index (χ4v) is 4.10. The van der Waals surface area contributed by atoms with Gasteiger partial charge in [-0.05, 0) is 18.2 Å². The van der Waals surface area contributed by atoms with Crippen LogP contribution in [0.25, 0.3) is 26.4 Å². The van der Waals surface area contributed by atoms with E-state index in [9.17, 15) is 0 Å². The summed E-state index contributed by atoms with van der Waals surface area (Å²) >= 11 is 1.84. The molecule has 1 aromatic carbocycles. The molecule has 1 aliphatic rings. The molecule has 4 aromatic rings. The van der Waals surface area contributed by atoms with E-state index in [2.05, 4.69) is 50.6 Å². The second-order valence-corrected chi connectivity index (χ2v) is 5.88. The summed E-state index contributed by atoms with van der Waals surface area (Å²) in [4.78, 5) is 5.86. The first-order valence-corrected chi connectivity index (χ1v) is 7.10. The minimum absolute atomic E-state index is 0.932. The molecule has 0 amide bonds. The maximum atomic E-state index is 4.57. The summed E-state index contributed by atoms with van der Waals surface area (Å²) in [6.07, 6.45) is 4.08. The molecule has 0 atom stereocenters. The smallest absolute Gasteiger partial charge is 0.251 e. The Labute approximate surface area is 113 Å². The molecule has 0 bridgehead atoms. The first-order chi connectivity index (χ1) is 9.42. The van der Waals surface area contributed by atoms with Crippen molar-refractivity contribution in [1.82, 2.24) is 9.38 Å². The van der Waals surface area contributed by atoms with Gasteiger partial charge in [-0.3, -0.25) is 4.98 Å². The van der Waals surface area contributed by atoms with Gasteiger partial charge in [0.05, 0.1) is 4.70 Å². The Morgan fingerprint density at radius 2 is 2.11 bits per heavy atom. The zero-order valence-electron chi connectivity index (χ0n) is 10.1. The first-order valence-electron chi connectivity index (χ1n) is 6.28. The zero-order valence-corrected chi connectivity index (χ0v) is 10.9. The number of para-hydroxylation sites is 1. The number of imidazole rings is 1. The molecular formula is C15H10N3S+. The van der Waals surface area contributed by atoms with Crippen LogP contribution in [0.5, 0.6) is 0 Å². The van der Waals surface area contributed by atoms with E-state index in [1.54, 1.807) is 0 Å². The fourth-order valence-electron chi connectivity index (χ4n) is 2.92. The van der Waals surface area contributed by atoms with E-state index in [4.69, 9.17) is 0 Å².